The van der Waals surface area contributed by atoms with Crippen LogP contribution in [0.4, 0.5) is 0 Å². The molecule has 0 saturated carbocycles. The molecule has 1 aromatic rings. The predicted molar refractivity (Wildman–Crippen MR) is 91.5 cm³/mol. The summed E-state index contributed by atoms with van der Waals surface area (Å²) >= 11 is 0. The van der Waals surface area contributed by atoms with Gasteiger partial charge in [-0.2, -0.15) is 0 Å². The van der Waals surface area contributed by atoms with Crippen molar-refractivity contribution >= 4 is 0 Å². The first-order chi connectivity index (χ1) is 10.1. The van der Waals surface area contributed by atoms with E-state index in [-0.39, 0.29) is 5.54 Å². The van der Waals surface area contributed by atoms with Crippen LogP contribution in [0.3, 0.4) is 0 Å². The van der Waals surface area contributed by atoms with Gasteiger partial charge < -0.3 is 11.1 Å². The van der Waals surface area contributed by atoms with Crippen LogP contribution < -0.4 is 11.1 Å². The number of aryl methyl sites for hydroxylation is 1. The van der Waals surface area contributed by atoms with Crippen LogP contribution >= 0.6 is 0 Å². The lowest BCUT2D eigenvalue weighted by atomic mass is 9.95. The first-order valence-corrected chi connectivity index (χ1v) is 8.72. The molecule has 21 heavy (non-hydrogen) atoms. The van der Waals surface area contributed by atoms with Crippen molar-refractivity contribution in [1.29, 1.82) is 0 Å². The molecule has 0 radical (unpaired) electrons. The van der Waals surface area contributed by atoms with Crippen LogP contribution in [-0.4, -0.2) is 12.1 Å². The predicted octanol–water partition coefficient (Wildman–Crippen LogP) is 4.34. The molecule has 1 aromatic carbocycles. The number of hydrogen-bond donors (Lipinski definition) is 2. The summed E-state index contributed by atoms with van der Waals surface area (Å²) in [6.45, 7) is 5.32. The van der Waals surface area contributed by atoms with Crippen molar-refractivity contribution in [3.05, 3.63) is 35.4 Å². The Hall–Kier alpha value is -0.860. The van der Waals surface area contributed by atoms with Gasteiger partial charge in [0.15, 0.2) is 0 Å². The van der Waals surface area contributed by atoms with E-state index in [1.54, 1.807) is 0 Å². The van der Waals surface area contributed by atoms with Crippen LogP contribution in [0.1, 0.15) is 76.0 Å². The monoisotopic (exact) mass is 288 g/mol. The van der Waals surface area contributed by atoms with Gasteiger partial charge in [-0.05, 0) is 37.3 Å². The van der Waals surface area contributed by atoms with Gasteiger partial charge in [-0.1, -0.05) is 63.3 Å². The molecule has 1 saturated heterocycles. The first kappa shape index (κ1) is 16.5. The van der Waals surface area contributed by atoms with Gasteiger partial charge in [0.05, 0.1) is 0 Å². The fourth-order valence-electron chi connectivity index (χ4n) is 3.23. The summed E-state index contributed by atoms with van der Waals surface area (Å²) in [5.41, 5.74) is 8.99. The largest absolute Gasteiger partial charge is 0.324 e. The van der Waals surface area contributed by atoms with E-state index in [4.69, 9.17) is 5.73 Å². The Bertz CT molecular complexity index is 408. The van der Waals surface area contributed by atoms with Crippen molar-refractivity contribution in [2.45, 2.75) is 76.8 Å². The lowest BCUT2D eigenvalue weighted by Gasteiger charge is -2.16. The van der Waals surface area contributed by atoms with E-state index >= 15 is 0 Å². The van der Waals surface area contributed by atoms with Gasteiger partial charge in [-0.3, -0.25) is 0 Å². The highest BCUT2D eigenvalue weighted by atomic mass is 15.0. The molecule has 1 fully saturated rings. The molecule has 0 bridgehead atoms. The molecule has 1 heterocycles. The second-order valence-corrected chi connectivity index (χ2v) is 7.05. The van der Waals surface area contributed by atoms with Crippen molar-refractivity contribution in [1.82, 2.24) is 5.32 Å². The fourth-order valence-corrected chi connectivity index (χ4v) is 3.23. The smallest absolute Gasteiger partial charge is 0.0338 e. The normalized spacial score (nSPS) is 25.4. The molecule has 2 rings (SSSR count). The molecular weight excluding hydrogens is 256 g/mol. The van der Waals surface area contributed by atoms with Crippen molar-refractivity contribution in [2.75, 3.05) is 6.54 Å². The van der Waals surface area contributed by atoms with Gasteiger partial charge in [0, 0.05) is 18.1 Å². The topological polar surface area (TPSA) is 38.0 Å². The van der Waals surface area contributed by atoms with Gasteiger partial charge in [-0.25, -0.2) is 0 Å². The van der Waals surface area contributed by atoms with Crippen LogP contribution in [0.15, 0.2) is 24.3 Å². The number of benzene rings is 1. The van der Waals surface area contributed by atoms with E-state index in [0.29, 0.717) is 6.04 Å². The maximum Gasteiger partial charge on any atom is 0.0338 e. The van der Waals surface area contributed by atoms with Crippen LogP contribution in [0, 0.1) is 0 Å². The summed E-state index contributed by atoms with van der Waals surface area (Å²) < 4.78 is 0. The molecule has 118 valence electrons. The second kappa shape index (κ2) is 7.95. The SMILES string of the molecule is CCCCCCCCc1ccc(C2CC(C)(N)CN2)cc1. The minimum atomic E-state index is -0.0537. The summed E-state index contributed by atoms with van der Waals surface area (Å²) in [7, 11) is 0. The van der Waals surface area contributed by atoms with Crippen LogP contribution in [-0.2, 0) is 6.42 Å². The quantitative estimate of drug-likeness (QED) is 0.698. The zero-order chi connectivity index (χ0) is 15.1. The van der Waals surface area contributed by atoms with E-state index < -0.39 is 0 Å². The van der Waals surface area contributed by atoms with Crippen LogP contribution in [0.5, 0.6) is 0 Å². The van der Waals surface area contributed by atoms with Crippen molar-refractivity contribution in [3.63, 3.8) is 0 Å². The maximum atomic E-state index is 6.19. The second-order valence-electron chi connectivity index (χ2n) is 7.05. The zero-order valence-electron chi connectivity index (χ0n) is 13.8. The minimum absolute atomic E-state index is 0.0537. The highest BCUT2D eigenvalue weighted by Crippen LogP contribution is 2.28. The lowest BCUT2D eigenvalue weighted by molar-refractivity contribution is 0.505. The van der Waals surface area contributed by atoms with Crippen LogP contribution in [0.25, 0.3) is 0 Å². The van der Waals surface area contributed by atoms with Gasteiger partial charge in [0.25, 0.3) is 0 Å². The standard InChI is InChI=1S/C19H32N2/c1-3-4-5-6-7-8-9-16-10-12-17(13-11-16)18-14-19(2,20)15-21-18/h10-13,18,21H,3-9,14-15,20H2,1-2H3. The number of hydrogen-bond acceptors (Lipinski definition) is 2. The van der Waals surface area contributed by atoms with E-state index in [9.17, 15) is 0 Å². The molecule has 2 unspecified atom stereocenters. The first-order valence-electron chi connectivity index (χ1n) is 8.72. The Kier molecular flexibility index (Phi) is 6.25. The maximum absolute atomic E-state index is 6.19. The Labute approximate surface area is 130 Å². The lowest BCUT2D eigenvalue weighted by Crippen LogP contribution is -2.37. The van der Waals surface area contributed by atoms with Gasteiger partial charge in [-0.15, -0.1) is 0 Å². The van der Waals surface area contributed by atoms with E-state index in [2.05, 4.69) is 43.4 Å². The molecule has 2 heteroatoms. The van der Waals surface area contributed by atoms with Gasteiger partial charge in [0.2, 0.25) is 0 Å². The summed E-state index contributed by atoms with van der Waals surface area (Å²) in [4.78, 5) is 0. The number of nitrogens with two attached hydrogens (primary N) is 1. The molecule has 2 nitrogen and oxygen atoms in total. The van der Waals surface area contributed by atoms with Crippen LogP contribution in [0.2, 0.25) is 0 Å². The Morgan fingerprint density at radius 3 is 2.38 bits per heavy atom. The molecular formula is C19H32N2. The molecule has 1 aliphatic rings. The Balaban J connectivity index is 1.72. The molecule has 0 aliphatic carbocycles. The highest BCUT2D eigenvalue weighted by Gasteiger charge is 2.31. The molecule has 3 N–H and O–H groups in total. The van der Waals surface area contributed by atoms with Crippen molar-refractivity contribution in [2.24, 2.45) is 5.73 Å². The third kappa shape index (κ3) is 5.44. The fraction of sp³-hybridized carbons (Fsp3) is 0.684. The summed E-state index contributed by atoms with van der Waals surface area (Å²) in [5, 5.41) is 3.53. The zero-order valence-corrected chi connectivity index (χ0v) is 13.8. The molecule has 0 spiro atoms. The Morgan fingerprint density at radius 2 is 1.76 bits per heavy atom. The van der Waals surface area contributed by atoms with Crippen molar-refractivity contribution < 1.29 is 0 Å². The van der Waals surface area contributed by atoms with Gasteiger partial charge in [0.1, 0.15) is 0 Å². The number of unbranched alkanes of at least 4 members (excludes halogenated alkanes) is 5. The Morgan fingerprint density at radius 1 is 1.10 bits per heavy atom. The molecule has 0 amide bonds. The number of nitrogens with one attached hydrogen (secondary N) is 1. The van der Waals surface area contributed by atoms with E-state index in [0.717, 1.165) is 13.0 Å². The highest BCUT2D eigenvalue weighted by molar-refractivity contribution is 5.26. The summed E-state index contributed by atoms with van der Waals surface area (Å²) in [6, 6.07) is 9.60. The third-order valence-electron chi connectivity index (χ3n) is 4.62. The van der Waals surface area contributed by atoms with E-state index in [1.165, 1.54) is 56.1 Å². The summed E-state index contributed by atoms with van der Waals surface area (Å²) in [6.07, 6.45) is 10.5. The van der Waals surface area contributed by atoms with Gasteiger partial charge >= 0.3 is 0 Å². The average Bonchev–Trinajstić information content (AvgIpc) is 2.84. The third-order valence-corrected chi connectivity index (χ3v) is 4.62. The molecule has 2 atom stereocenters. The minimum Gasteiger partial charge on any atom is -0.324 e. The number of rotatable bonds is 8. The van der Waals surface area contributed by atoms with Crippen molar-refractivity contribution in [3.8, 4) is 0 Å². The molecule has 1 aliphatic heterocycles. The molecule has 0 aromatic heterocycles. The van der Waals surface area contributed by atoms with E-state index in [1.807, 2.05) is 0 Å². The average molecular weight is 288 g/mol. The summed E-state index contributed by atoms with van der Waals surface area (Å²) in [5.74, 6) is 0.